The Labute approximate surface area is 146 Å². The van der Waals surface area contributed by atoms with Crippen molar-refractivity contribution < 1.29 is 9.21 Å². The maximum atomic E-state index is 11.9. The summed E-state index contributed by atoms with van der Waals surface area (Å²) in [5, 5.41) is 5.97. The van der Waals surface area contributed by atoms with Crippen LogP contribution in [0.15, 0.2) is 50.9 Å². The first-order valence-corrected chi connectivity index (χ1v) is 8.84. The molecule has 0 unspecified atom stereocenters. The van der Waals surface area contributed by atoms with Crippen LogP contribution in [0.2, 0.25) is 0 Å². The van der Waals surface area contributed by atoms with Crippen molar-refractivity contribution in [1.82, 2.24) is 10.3 Å². The molecule has 0 aliphatic carbocycles. The van der Waals surface area contributed by atoms with Gasteiger partial charge in [0.25, 0.3) is 5.91 Å². The highest BCUT2D eigenvalue weighted by molar-refractivity contribution is 9.10. The van der Waals surface area contributed by atoms with Crippen LogP contribution < -0.4 is 5.32 Å². The molecule has 4 nitrogen and oxygen atoms in total. The van der Waals surface area contributed by atoms with E-state index in [0.717, 1.165) is 22.7 Å². The Bertz CT molecular complexity index is 808. The molecule has 0 saturated heterocycles. The fourth-order valence-corrected chi connectivity index (χ4v) is 3.11. The van der Waals surface area contributed by atoms with E-state index < -0.39 is 0 Å². The topological polar surface area (TPSA) is 55.1 Å². The SMILES string of the molecule is Cc1nc(-c2ccc(CCNC(=O)c3ccc(Br)o3)cc2)cs1. The number of nitrogens with one attached hydrogen (secondary N) is 1. The number of halogens is 1. The lowest BCUT2D eigenvalue weighted by molar-refractivity contribution is 0.0925. The van der Waals surface area contributed by atoms with Crippen LogP contribution in [-0.2, 0) is 6.42 Å². The summed E-state index contributed by atoms with van der Waals surface area (Å²) in [4.78, 5) is 16.3. The first-order chi connectivity index (χ1) is 11.1. The smallest absolute Gasteiger partial charge is 0.287 e. The minimum atomic E-state index is -0.203. The molecule has 1 amide bonds. The number of amides is 1. The Morgan fingerprint density at radius 1 is 1.26 bits per heavy atom. The van der Waals surface area contributed by atoms with Gasteiger partial charge >= 0.3 is 0 Å². The highest BCUT2D eigenvalue weighted by atomic mass is 79.9. The Morgan fingerprint density at radius 2 is 2.04 bits per heavy atom. The summed E-state index contributed by atoms with van der Waals surface area (Å²) in [5.74, 6) is 0.108. The second-order valence-corrected chi connectivity index (χ2v) is 6.90. The zero-order chi connectivity index (χ0) is 16.2. The van der Waals surface area contributed by atoms with Crippen LogP contribution in [0, 0.1) is 6.92 Å². The third kappa shape index (κ3) is 4.09. The summed E-state index contributed by atoms with van der Waals surface area (Å²) >= 11 is 4.83. The van der Waals surface area contributed by atoms with Gasteiger partial charge in [-0.05, 0) is 47.0 Å². The lowest BCUT2D eigenvalue weighted by Gasteiger charge is -2.04. The van der Waals surface area contributed by atoms with Gasteiger partial charge in [0.05, 0.1) is 10.7 Å². The van der Waals surface area contributed by atoms with Gasteiger partial charge in [-0.2, -0.15) is 0 Å². The zero-order valence-corrected chi connectivity index (χ0v) is 14.9. The fraction of sp³-hybridized carbons (Fsp3) is 0.176. The molecular weight excluding hydrogens is 376 g/mol. The van der Waals surface area contributed by atoms with Gasteiger partial charge in [-0.3, -0.25) is 4.79 Å². The number of nitrogens with zero attached hydrogens (tertiary/aromatic N) is 1. The van der Waals surface area contributed by atoms with E-state index in [9.17, 15) is 4.79 Å². The Balaban J connectivity index is 1.53. The van der Waals surface area contributed by atoms with Crippen LogP contribution in [0.25, 0.3) is 11.3 Å². The molecule has 6 heteroatoms. The van der Waals surface area contributed by atoms with Crippen molar-refractivity contribution in [2.24, 2.45) is 0 Å². The molecule has 0 bridgehead atoms. The van der Waals surface area contributed by atoms with Crippen LogP contribution in [0.4, 0.5) is 0 Å². The second-order valence-electron chi connectivity index (χ2n) is 5.06. The average Bonchev–Trinajstić information content (AvgIpc) is 3.16. The van der Waals surface area contributed by atoms with E-state index in [-0.39, 0.29) is 5.91 Å². The van der Waals surface area contributed by atoms with E-state index in [0.29, 0.717) is 17.0 Å². The molecule has 118 valence electrons. The standard InChI is InChI=1S/C17H15BrN2O2S/c1-11-20-14(10-23-11)13-4-2-12(3-5-13)8-9-19-17(21)15-6-7-16(18)22-15/h2-7,10H,8-9H2,1H3,(H,19,21). The number of benzene rings is 1. The summed E-state index contributed by atoms with van der Waals surface area (Å²) in [6.07, 6.45) is 0.768. The summed E-state index contributed by atoms with van der Waals surface area (Å²) in [6, 6.07) is 11.6. The highest BCUT2D eigenvalue weighted by Gasteiger charge is 2.09. The number of carbonyl (C=O) groups is 1. The van der Waals surface area contributed by atoms with Crippen molar-refractivity contribution in [3.8, 4) is 11.3 Å². The summed E-state index contributed by atoms with van der Waals surface area (Å²) < 4.78 is 5.76. The van der Waals surface area contributed by atoms with Gasteiger partial charge < -0.3 is 9.73 Å². The third-order valence-corrected chi connectivity index (χ3v) is 4.56. The molecule has 0 fully saturated rings. The highest BCUT2D eigenvalue weighted by Crippen LogP contribution is 2.21. The van der Waals surface area contributed by atoms with Crippen molar-refractivity contribution >= 4 is 33.2 Å². The molecule has 0 atom stereocenters. The van der Waals surface area contributed by atoms with Crippen LogP contribution in [-0.4, -0.2) is 17.4 Å². The average molecular weight is 391 g/mol. The van der Waals surface area contributed by atoms with E-state index in [2.05, 4.69) is 55.9 Å². The second kappa shape index (κ2) is 7.10. The van der Waals surface area contributed by atoms with E-state index >= 15 is 0 Å². The van der Waals surface area contributed by atoms with E-state index in [4.69, 9.17) is 4.42 Å². The largest absolute Gasteiger partial charge is 0.444 e. The normalized spacial score (nSPS) is 10.7. The van der Waals surface area contributed by atoms with Crippen molar-refractivity contribution in [3.05, 3.63) is 62.8 Å². The number of rotatable bonds is 5. The van der Waals surface area contributed by atoms with Crippen LogP contribution in [0.1, 0.15) is 21.1 Å². The molecule has 1 aromatic carbocycles. The fourth-order valence-electron chi connectivity index (χ4n) is 2.18. The van der Waals surface area contributed by atoms with Crippen molar-refractivity contribution in [1.29, 1.82) is 0 Å². The van der Waals surface area contributed by atoms with Gasteiger partial charge in [0, 0.05) is 17.5 Å². The molecule has 0 aliphatic rings. The molecule has 3 aromatic rings. The molecule has 0 saturated carbocycles. The summed E-state index contributed by atoms with van der Waals surface area (Å²) in [5.41, 5.74) is 3.29. The van der Waals surface area contributed by atoms with Gasteiger partial charge in [0.1, 0.15) is 0 Å². The minimum absolute atomic E-state index is 0.203. The summed E-state index contributed by atoms with van der Waals surface area (Å²) in [6.45, 7) is 2.56. The summed E-state index contributed by atoms with van der Waals surface area (Å²) in [7, 11) is 0. The number of furan rings is 1. The lowest BCUT2D eigenvalue weighted by Crippen LogP contribution is -2.25. The number of hydrogen-bond acceptors (Lipinski definition) is 4. The monoisotopic (exact) mass is 390 g/mol. The predicted molar refractivity (Wildman–Crippen MR) is 94.7 cm³/mol. The molecule has 2 heterocycles. The molecule has 0 spiro atoms. The van der Waals surface area contributed by atoms with Crippen molar-refractivity contribution in [2.45, 2.75) is 13.3 Å². The van der Waals surface area contributed by atoms with Gasteiger partial charge in [0.2, 0.25) is 0 Å². The number of hydrogen-bond donors (Lipinski definition) is 1. The number of aromatic nitrogens is 1. The van der Waals surface area contributed by atoms with Gasteiger partial charge in [0.15, 0.2) is 10.4 Å². The molecule has 0 aliphatic heterocycles. The number of thiazole rings is 1. The molecule has 2 aromatic heterocycles. The number of aryl methyl sites for hydroxylation is 1. The van der Waals surface area contributed by atoms with Gasteiger partial charge in [-0.25, -0.2) is 4.98 Å². The maximum absolute atomic E-state index is 11.9. The zero-order valence-electron chi connectivity index (χ0n) is 12.5. The number of carbonyl (C=O) groups excluding carboxylic acids is 1. The Hall–Kier alpha value is -1.92. The van der Waals surface area contributed by atoms with Gasteiger partial charge in [-0.15, -0.1) is 11.3 Å². The molecule has 23 heavy (non-hydrogen) atoms. The van der Waals surface area contributed by atoms with Crippen LogP contribution >= 0.6 is 27.3 Å². The van der Waals surface area contributed by atoms with Crippen LogP contribution in [0.5, 0.6) is 0 Å². The van der Waals surface area contributed by atoms with Crippen LogP contribution in [0.3, 0.4) is 0 Å². The molecule has 3 rings (SSSR count). The molecular formula is C17H15BrN2O2S. The third-order valence-electron chi connectivity index (χ3n) is 3.36. The molecule has 0 radical (unpaired) electrons. The van der Waals surface area contributed by atoms with E-state index in [1.165, 1.54) is 5.56 Å². The van der Waals surface area contributed by atoms with E-state index in [1.807, 2.05) is 6.92 Å². The van der Waals surface area contributed by atoms with Crippen molar-refractivity contribution in [2.75, 3.05) is 6.54 Å². The van der Waals surface area contributed by atoms with E-state index in [1.54, 1.807) is 23.5 Å². The first-order valence-electron chi connectivity index (χ1n) is 7.17. The quantitative estimate of drug-likeness (QED) is 0.699. The predicted octanol–water partition coefficient (Wildman–Crippen LogP) is 4.45. The Morgan fingerprint density at radius 3 is 2.65 bits per heavy atom. The van der Waals surface area contributed by atoms with Gasteiger partial charge in [-0.1, -0.05) is 24.3 Å². The molecule has 1 N–H and O–H groups in total. The van der Waals surface area contributed by atoms with Crippen molar-refractivity contribution in [3.63, 3.8) is 0 Å². The minimum Gasteiger partial charge on any atom is -0.444 e. The lowest BCUT2D eigenvalue weighted by atomic mass is 10.1. The first kappa shape index (κ1) is 16.0. The maximum Gasteiger partial charge on any atom is 0.287 e. The Kier molecular flexibility index (Phi) is 4.93.